The van der Waals surface area contributed by atoms with Crippen molar-refractivity contribution in [3.63, 3.8) is 0 Å². The minimum atomic E-state index is -0.731. The van der Waals surface area contributed by atoms with Gasteiger partial charge in [-0.25, -0.2) is 9.78 Å². The molecule has 11 heteroatoms. The molecule has 2 aliphatic rings. The van der Waals surface area contributed by atoms with E-state index in [1.807, 2.05) is 50.2 Å². The number of cyclic esters (lactones) is 1. The molecule has 11 nitrogen and oxygen atoms in total. The zero-order valence-electron chi connectivity index (χ0n) is 24.0. The molecule has 0 amide bonds. The second kappa shape index (κ2) is 11.1. The lowest BCUT2D eigenvalue weighted by Crippen LogP contribution is -2.40. The van der Waals surface area contributed by atoms with E-state index in [4.69, 9.17) is 19.2 Å². The van der Waals surface area contributed by atoms with Crippen molar-refractivity contribution in [1.82, 2.24) is 25.4 Å². The molecule has 0 spiro atoms. The van der Waals surface area contributed by atoms with Gasteiger partial charge < -0.3 is 30.3 Å². The number of hydrogen-bond acceptors (Lipinski definition) is 11. The third kappa shape index (κ3) is 5.21. The van der Waals surface area contributed by atoms with Gasteiger partial charge in [0.1, 0.15) is 17.0 Å². The Hall–Kier alpha value is -4.35. The predicted octanol–water partition coefficient (Wildman–Crippen LogP) is 4.85. The fourth-order valence-electron chi connectivity index (χ4n) is 5.75. The number of piperidine rings is 1. The van der Waals surface area contributed by atoms with Gasteiger partial charge in [0, 0.05) is 22.9 Å². The Bertz CT molecular complexity index is 1580. The molecule has 2 aromatic heterocycles. The number of benzene rings is 2. The quantitative estimate of drug-likeness (QED) is 0.205. The molecule has 6 rings (SSSR count). The topological polar surface area (TPSA) is 147 Å². The summed E-state index contributed by atoms with van der Waals surface area (Å²) in [7, 11) is 0. The lowest BCUT2D eigenvalue weighted by molar-refractivity contribution is 0.00954. The first-order valence-corrected chi connectivity index (χ1v) is 14.3. The van der Waals surface area contributed by atoms with Gasteiger partial charge in [0.15, 0.2) is 5.82 Å². The van der Waals surface area contributed by atoms with Gasteiger partial charge in [0.05, 0.1) is 18.2 Å². The SMILES string of the molecule is CCC1(c2noc(-c3cnc(Nc4ccc5c(c4)C(C)(C)OC5=O)nc3NC(CO)c3ccccc3)n2)CCNCC1. The summed E-state index contributed by atoms with van der Waals surface area (Å²) in [5.74, 6) is 1.41. The number of aromatic nitrogens is 4. The van der Waals surface area contributed by atoms with Crippen LogP contribution in [0.1, 0.15) is 73.4 Å². The average Bonchev–Trinajstić information content (AvgIpc) is 3.59. The van der Waals surface area contributed by atoms with Crippen molar-refractivity contribution in [3.8, 4) is 11.5 Å². The molecule has 1 fully saturated rings. The van der Waals surface area contributed by atoms with Crippen molar-refractivity contribution in [2.75, 3.05) is 30.3 Å². The van der Waals surface area contributed by atoms with Crippen LogP contribution in [0, 0.1) is 0 Å². The number of carbonyl (C=O) groups is 1. The number of anilines is 3. The molecule has 0 saturated carbocycles. The molecule has 1 unspecified atom stereocenters. The van der Waals surface area contributed by atoms with Crippen LogP contribution in [-0.4, -0.2) is 50.9 Å². The number of rotatable bonds is 9. The molecule has 0 bridgehead atoms. The molecular weight excluding hydrogens is 534 g/mol. The molecule has 4 aromatic rings. The van der Waals surface area contributed by atoms with E-state index in [0.29, 0.717) is 40.3 Å². The highest BCUT2D eigenvalue weighted by atomic mass is 16.6. The highest BCUT2D eigenvalue weighted by Crippen LogP contribution is 2.39. The number of fused-ring (bicyclic) bond motifs is 1. The summed E-state index contributed by atoms with van der Waals surface area (Å²) in [5.41, 5.74) is 2.59. The largest absolute Gasteiger partial charge is 0.451 e. The smallest absolute Gasteiger partial charge is 0.339 e. The number of esters is 1. The summed E-state index contributed by atoms with van der Waals surface area (Å²) >= 11 is 0. The summed E-state index contributed by atoms with van der Waals surface area (Å²) in [4.78, 5) is 26.4. The van der Waals surface area contributed by atoms with Crippen LogP contribution in [0.4, 0.5) is 17.5 Å². The van der Waals surface area contributed by atoms with E-state index in [1.165, 1.54) is 0 Å². The van der Waals surface area contributed by atoms with Crippen LogP contribution in [0.15, 0.2) is 59.3 Å². The maximum Gasteiger partial charge on any atom is 0.339 e. The number of nitrogens with zero attached hydrogens (tertiary/aromatic N) is 4. The molecular formula is C31H35N7O4. The highest BCUT2D eigenvalue weighted by Gasteiger charge is 2.38. The molecule has 218 valence electrons. The van der Waals surface area contributed by atoms with Crippen LogP contribution < -0.4 is 16.0 Å². The highest BCUT2D eigenvalue weighted by molar-refractivity contribution is 5.95. The normalized spacial score (nSPS) is 17.8. The predicted molar refractivity (Wildman–Crippen MR) is 157 cm³/mol. The fourth-order valence-corrected chi connectivity index (χ4v) is 5.75. The lowest BCUT2D eigenvalue weighted by Gasteiger charge is -2.33. The monoisotopic (exact) mass is 569 g/mol. The number of carbonyl (C=O) groups excluding carboxylic acids is 1. The van der Waals surface area contributed by atoms with Crippen LogP contribution in [0.25, 0.3) is 11.5 Å². The first kappa shape index (κ1) is 27.8. The van der Waals surface area contributed by atoms with Crippen molar-refractivity contribution < 1.29 is 19.2 Å². The number of hydrogen-bond donors (Lipinski definition) is 4. The average molecular weight is 570 g/mol. The van der Waals surface area contributed by atoms with Crippen molar-refractivity contribution in [3.05, 3.63) is 77.2 Å². The van der Waals surface area contributed by atoms with Gasteiger partial charge in [-0.05, 0) is 70.0 Å². The van der Waals surface area contributed by atoms with Gasteiger partial charge in [-0.1, -0.05) is 42.4 Å². The van der Waals surface area contributed by atoms with Gasteiger partial charge >= 0.3 is 5.97 Å². The molecule has 4 heterocycles. The Morgan fingerprint density at radius 1 is 1.07 bits per heavy atom. The zero-order chi connectivity index (χ0) is 29.3. The van der Waals surface area contributed by atoms with Gasteiger partial charge in [0.25, 0.3) is 5.89 Å². The Labute approximate surface area is 244 Å². The minimum absolute atomic E-state index is 0.146. The van der Waals surface area contributed by atoms with Crippen LogP contribution in [0.5, 0.6) is 0 Å². The second-order valence-electron chi connectivity index (χ2n) is 11.3. The molecule has 0 radical (unpaired) electrons. The van der Waals surface area contributed by atoms with Crippen LogP contribution in [0.2, 0.25) is 0 Å². The third-order valence-corrected chi connectivity index (χ3v) is 8.34. The summed E-state index contributed by atoms with van der Waals surface area (Å²) in [5, 5.41) is 24.7. The molecule has 2 aromatic carbocycles. The number of aliphatic hydroxyl groups excluding tert-OH is 1. The fraction of sp³-hybridized carbons (Fsp3) is 0.387. The van der Waals surface area contributed by atoms with Gasteiger partial charge in [-0.15, -0.1) is 0 Å². The Kier molecular flexibility index (Phi) is 7.38. The van der Waals surface area contributed by atoms with E-state index >= 15 is 0 Å². The number of nitrogens with one attached hydrogen (secondary N) is 3. The standard InChI is InChI=1S/C31H35N7O4/c1-4-31(12-14-32-15-13-31)28-37-26(42-38-28)22-17-33-29(36-25(22)35-24(18-39)19-8-6-5-7-9-19)34-20-10-11-21-23(16-20)30(2,3)41-27(21)40/h5-11,16-17,24,32,39H,4,12-15,18H2,1-3H3,(H2,33,34,35,36). The maximum atomic E-state index is 12.2. The molecule has 2 aliphatic heterocycles. The van der Waals surface area contributed by atoms with Gasteiger partial charge in [0.2, 0.25) is 5.95 Å². The second-order valence-corrected chi connectivity index (χ2v) is 11.3. The van der Waals surface area contributed by atoms with E-state index in [1.54, 1.807) is 18.3 Å². The number of ether oxygens (including phenoxy) is 1. The van der Waals surface area contributed by atoms with Crippen LogP contribution >= 0.6 is 0 Å². The molecule has 42 heavy (non-hydrogen) atoms. The van der Waals surface area contributed by atoms with E-state index in [-0.39, 0.29) is 18.0 Å². The first-order valence-electron chi connectivity index (χ1n) is 14.3. The van der Waals surface area contributed by atoms with E-state index in [2.05, 4.69) is 33.0 Å². The van der Waals surface area contributed by atoms with Gasteiger partial charge in [-0.2, -0.15) is 9.97 Å². The molecule has 4 N–H and O–H groups in total. The van der Waals surface area contributed by atoms with E-state index < -0.39 is 11.6 Å². The van der Waals surface area contributed by atoms with Crippen molar-refractivity contribution in [2.45, 2.75) is 57.1 Å². The molecule has 0 aliphatic carbocycles. The third-order valence-electron chi connectivity index (χ3n) is 8.34. The van der Waals surface area contributed by atoms with E-state index in [0.717, 1.165) is 43.5 Å². The summed E-state index contributed by atoms with van der Waals surface area (Å²) in [6.07, 6.45) is 4.41. The summed E-state index contributed by atoms with van der Waals surface area (Å²) in [6.45, 7) is 7.53. The Morgan fingerprint density at radius 2 is 1.86 bits per heavy atom. The lowest BCUT2D eigenvalue weighted by atomic mass is 9.76. The van der Waals surface area contributed by atoms with Gasteiger partial charge in [-0.3, -0.25) is 0 Å². The zero-order valence-corrected chi connectivity index (χ0v) is 24.0. The summed E-state index contributed by atoms with van der Waals surface area (Å²) in [6, 6.07) is 14.6. The van der Waals surface area contributed by atoms with E-state index in [9.17, 15) is 9.90 Å². The van der Waals surface area contributed by atoms with Crippen molar-refractivity contribution in [2.24, 2.45) is 0 Å². The summed E-state index contributed by atoms with van der Waals surface area (Å²) < 4.78 is 11.3. The molecule has 1 atom stereocenters. The van der Waals surface area contributed by atoms with Crippen molar-refractivity contribution in [1.29, 1.82) is 0 Å². The molecule has 1 saturated heterocycles. The van der Waals surface area contributed by atoms with Crippen LogP contribution in [0.3, 0.4) is 0 Å². The Morgan fingerprint density at radius 3 is 2.60 bits per heavy atom. The Balaban J connectivity index is 1.36. The minimum Gasteiger partial charge on any atom is -0.451 e. The first-order chi connectivity index (χ1) is 20.3. The number of aliphatic hydroxyl groups is 1. The maximum absolute atomic E-state index is 12.2. The van der Waals surface area contributed by atoms with Crippen LogP contribution in [-0.2, 0) is 15.8 Å². The van der Waals surface area contributed by atoms with Crippen molar-refractivity contribution >= 4 is 23.4 Å².